The van der Waals surface area contributed by atoms with Gasteiger partial charge in [0, 0.05) is 24.8 Å². The van der Waals surface area contributed by atoms with Crippen LogP contribution in [0.5, 0.6) is 0 Å². The Hall–Kier alpha value is -3.65. The van der Waals surface area contributed by atoms with Gasteiger partial charge in [0.05, 0.1) is 28.4 Å². The van der Waals surface area contributed by atoms with Crippen molar-refractivity contribution < 1.29 is 14.0 Å². The number of nitrogens with zero attached hydrogens (tertiary/aromatic N) is 4. The summed E-state index contributed by atoms with van der Waals surface area (Å²) in [6.07, 6.45) is 1.79. The lowest BCUT2D eigenvalue weighted by Gasteiger charge is -2.23. The van der Waals surface area contributed by atoms with Gasteiger partial charge in [-0.2, -0.15) is 0 Å². The molecule has 0 aliphatic carbocycles. The minimum absolute atomic E-state index is 0.0952. The molecule has 0 N–H and O–H groups in total. The van der Waals surface area contributed by atoms with Crippen LogP contribution in [-0.4, -0.2) is 28.3 Å². The van der Waals surface area contributed by atoms with Crippen LogP contribution in [0.15, 0.2) is 60.8 Å². The predicted octanol–water partition coefficient (Wildman–Crippen LogP) is 5.03. The predicted molar refractivity (Wildman–Crippen MR) is 131 cm³/mol. The van der Waals surface area contributed by atoms with E-state index in [9.17, 15) is 14.0 Å². The number of carbonyl (C=O) groups is 2. The molecule has 2 aromatic heterocycles. The molecule has 1 atom stereocenters. The Kier molecular flexibility index (Phi) is 5.83. The fourth-order valence-corrected chi connectivity index (χ4v) is 5.36. The highest BCUT2D eigenvalue weighted by atomic mass is 32.1. The van der Waals surface area contributed by atoms with Crippen LogP contribution in [0.4, 0.5) is 15.2 Å². The molecule has 2 amide bonds. The Bertz CT molecular complexity index is 1370. The van der Waals surface area contributed by atoms with Crippen molar-refractivity contribution in [2.24, 2.45) is 5.92 Å². The molecule has 1 saturated heterocycles. The van der Waals surface area contributed by atoms with Crippen molar-refractivity contribution >= 4 is 44.2 Å². The molecule has 4 aromatic rings. The first-order valence-electron chi connectivity index (χ1n) is 11.0. The second-order valence-electron chi connectivity index (χ2n) is 8.55. The number of pyridine rings is 1. The van der Waals surface area contributed by atoms with Crippen molar-refractivity contribution in [2.45, 2.75) is 26.8 Å². The van der Waals surface area contributed by atoms with Gasteiger partial charge in [0.15, 0.2) is 5.13 Å². The van der Waals surface area contributed by atoms with Crippen molar-refractivity contribution in [2.75, 3.05) is 16.3 Å². The van der Waals surface area contributed by atoms with Gasteiger partial charge in [0.25, 0.3) is 0 Å². The maximum absolute atomic E-state index is 13.8. The third-order valence-electron chi connectivity index (χ3n) is 5.96. The molecule has 0 bridgehead atoms. The van der Waals surface area contributed by atoms with Crippen molar-refractivity contribution in [3.8, 4) is 0 Å². The molecule has 34 heavy (non-hydrogen) atoms. The first-order chi connectivity index (χ1) is 16.4. The van der Waals surface area contributed by atoms with Gasteiger partial charge < -0.3 is 4.90 Å². The van der Waals surface area contributed by atoms with Crippen LogP contribution in [-0.2, 0) is 16.1 Å². The summed E-state index contributed by atoms with van der Waals surface area (Å²) in [5, 5.41) is 0.590. The number of hydrogen-bond acceptors (Lipinski definition) is 5. The maximum atomic E-state index is 13.8. The zero-order valence-electron chi connectivity index (χ0n) is 18.9. The molecular weight excluding hydrogens is 451 g/mol. The minimum atomic E-state index is -0.531. The quantitative estimate of drug-likeness (QED) is 0.407. The Labute approximate surface area is 200 Å². The molecular formula is C26H23FN4O2S. The van der Waals surface area contributed by atoms with Gasteiger partial charge in [0.1, 0.15) is 5.82 Å². The van der Waals surface area contributed by atoms with E-state index in [4.69, 9.17) is 4.98 Å². The maximum Gasteiger partial charge on any atom is 0.234 e. The van der Waals surface area contributed by atoms with Gasteiger partial charge in [-0.1, -0.05) is 23.5 Å². The average Bonchev–Trinajstić information content (AvgIpc) is 3.42. The van der Waals surface area contributed by atoms with E-state index in [0.29, 0.717) is 10.8 Å². The summed E-state index contributed by atoms with van der Waals surface area (Å²) < 4.78 is 14.4. The van der Waals surface area contributed by atoms with E-state index >= 15 is 0 Å². The lowest BCUT2D eigenvalue weighted by Crippen LogP contribution is -2.37. The highest BCUT2D eigenvalue weighted by Crippen LogP contribution is 2.35. The summed E-state index contributed by atoms with van der Waals surface area (Å²) >= 11 is 1.47. The molecule has 0 spiro atoms. The monoisotopic (exact) mass is 474 g/mol. The third-order valence-corrected chi connectivity index (χ3v) is 7.19. The summed E-state index contributed by atoms with van der Waals surface area (Å²) in [5.41, 5.74) is 4.40. The number of hydrogen-bond donors (Lipinski definition) is 0. The lowest BCUT2D eigenvalue weighted by atomic mass is 10.1. The summed E-state index contributed by atoms with van der Waals surface area (Å²) in [5.74, 6) is -1.22. The molecule has 1 fully saturated rings. The molecule has 0 radical (unpaired) electrons. The van der Waals surface area contributed by atoms with E-state index in [0.717, 1.165) is 27.0 Å². The van der Waals surface area contributed by atoms with Gasteiger partial charge in [-0.25, -0.2) is 9.37 Å². The lowest BCUT2D eigenvalue weighted by molar-refractivity contribution is -0.124. The molecule has 6 nitrogen and oxygen atoms in total. The van der Waals surface area contributed by atoms with Gasteiger partial charge in [0.2, 0.25) is 11.8 Å². The van der Waals surface area contributed by atoms with Crippen molar-refractivity contribution in [3.63, 3.8) is 0 Å². The minimum Gasteiger partial charge on any atom is -0.312 e. The molecule has 3 heterocycles. The molecule has 1 unspecified atom stereocenters. The number of anilines is 2. The molecule has 1 aliphatic rings. The van der Waals surface area contributed by atoms with Gasteiger partial charge in [-0.05, 0) is 67.4 Å². The molecule has 2 aromatic carbocycles. The fourth-order valence-electron chi connectivity index (χ4n) is 4.34. The van der Waals surface area contributed by atoms with Crippen molar-refractivity contribution in [1.29, 1.82) is 0 Å². The second kappa shape index (κ2) is 8.95. The normalized spacial score (nSPS) is 15.8. The van der Waals surface area contributed by atoms with Crippen LogP contribution < -0.4 is 9.80 Å². The molecule has 8 heteroatoms. The van der Waals surface area contributed by atoms with E-state index in [1.165, 1.54) is 23.5 Å². The number of aromatic nitrogens is 2. The number of amides is 2. The number of fused-ring (bicyclic) bond motifs is 1. The smallest absolute Gasteiger partial charge is 0.234 e. The Morgan fingerprint density at radius 3 is 2.71 bits per heavy atom. The topological polar surface area (TPSA) is 66.4 Å². The second-order valence-corrected chi connectivity index (χ2v) is 9.53. The van der Waals surface area contributed by atoms with Gasteiger partial charge in [-0.3, -0.25) is 19.5 Å². The average molecular weight is 475 g/mol. The number of halogens is 1. The highest BCUT2D eigenvalue weighted by molar-refractivity contribution is 7.22. The molecule has 1 aliphatic heterocycles. The number of benzene rings is 2. The largest absolute Gasteiger partial charge is 0.312 e. The molecule has 5 rings (SSSR count). The Balaban J connectivity index is 1.48. The van der Waals surface area contributed by atoms with Crippen molar-refractivity contribution in [1.82, 2.24) is 9.97 Å². The van der Waals surface area contributed by atoms with Crippen LogP contribution in [0.1, 0.15) is 23.2 Å². The van der Waals surface area contributed by atoms with E-state index in [1.807, 2.05) is 38.1 Å². The fraction of sp³-hybridized carbons (Fsp3) is 0.231. The van der Waals surface area contributed by atoms with E-state index < -0.39 is 5.92 Å². The number of rotatable bonds is 5. The Morgan fingerprint density at radius 1 is 1.18 bits per heavy atom. The van der Waals surface area contributed by atoms with Crippen molar-refractivity contribution in [3.05, 3.63) is 83.4 Å². The summed E-state index contributed by atoms with van der Waals surface area (Å²) in [6, 6.07) is 15.4. The number of aryl methyl sites for hydroxylation is 2. The SMILES string of the molecule is Cc1cc(C)c2sc(N(Cc3ccccn3)C(=O)C3CC(=O)N(c4ccc(F)cc4)C3)nc2c1. The first-order valence-corrected chi connectivity index (χ1v) is 11.9. The van der Waals surface area contributed by atoms with Crippen LogP contribution in [0.2, 0.25) is 0 Å². The van der Waals surface area contributed by atoms with E-state index in [-0.39, 0.29) is 37.1 Å². The van der Waals surface area contributed by atoms with E-state index in [2.05, 4.69) is 11.1 Å². The molecule has 172 valence electrons. The summed E-state index contributed by atoms with van der Waals surface area (Å²) in [7, 11) is 0. The Morgan fingerprint density at radius 2 is 1.97 bits per heavy atom. The van der Waals surface area contributed by atoms with E-state index in [1.54, 1.807) is 28.1 Å². The number of thiazole rings is 1. The first kappa shape index (κ1) is 22.2. The van der Waals surface area contributed by atoms with Crippen LogP contribution in [0, 0.1) is 25.6 Å². The standard InChI is InChI=1S/C26H23FN4O2S/c1-16-11-17(2)24-22(12-16)29-26(34-24)31(15-20-5-3-4-10-28-20)25(33)18-13-23(32)30(14-18)21-8-6-19(27)7-9-21/h3-12,18H,13-15H2,1-2H3. The highest BCUT2D eigenvalue weighted by Gasteiger charge is 2.38. The van der Waals surface area contributed by atoms with Gasteiger partial charge >= 0.3 is 0 Å². The summed E-state index contributed by atoms with van der Waals surface area (Å²) in [6.45, 7) is 4.57. The third kappa shape index (κ3) is 4.28. The van der Waals surface area contributed by atoms with Crippen LogP contribution >= 0.6 is 11.3 Å². The zero-order chi connectivity index (χ0) is 23.8. The van der Waals surface area contributed by atoms with Gasteiger partial charge in [-0.15, -0.1) is 0 Å². The van der Waals surface area contributed by atoms with Crippen LogP contribution in [0.25, 0.3) is 10.2 Å². The summed E-state index contributed by atoms with van der Waals surface area (Å²) in [4.78, 5) is 38.9. The molecule has 0 saturated carbocycles. The zero-order valence-corrected chi connectivity index (χ0v) is 19.7. The number of carbonyl (C=O) groups excluding carboxylic acids is 2. The van der Waals surface area contributed by atoms with Crippen LogP contribution in [0.3, 0.4) is 0 Å².